The van der Waals surface area contributed by atoms with Gasteiger partial charge in [-0.05, 0) is 99.4 Å². The van der Waals surface area contributed by atoms with Crippen molar-refractivity contribution < 1.29 is 0 Å². The van der Waals surface area contributed by atoms with Gasteiger partial charge >= 0.3 is 0 Å². The van der Waals surface area contributed by atoms with Crippen molar-refractivity contribution >= 4 is 75.7 Å². The molecule has 292 valence electrons. The predicted molar refractivity (Wildman–Crippen MR) is 268 cm³/mol. The van der Waals surface area contributed by atoms with Crippen molar-refractivity contribution in [3.05, 3.63) is 231 Å². The van der Waals surface area contributed by atoms with Gasteiger partial charge in [0.15, 0.2) is 0 Å². The number of hydrogen-bond donors (Lipinski definition) is 0. The van der Waals surface area contributed by atoms with E-state index < -0.39 is 0 Å². The SMILES string of the molecule is c1ccc(-c2c3ccccc3c(-c3ccc(-c4c5ccccc5c(-c5nc6c7ccccc7c7ccccc7c6n5-c5ccccc5)c5ccccc45)cc3)c3ccccc23)cc1. The maximum Gasteiger partial charge on any atom is 0.147 e. The minimum absolute atomic E-state index is 0.935. The summed E-state index contributed by atoms with van der Waals surface area (Å²) in [6.45, 7) is 0. The number of benzene rings is 12. The molecule has 1 aromatic heterocycles. The molecule has 0 saturated heterocycles. The van der Waals surface area contributed by atoms with Crippen molar-refractivity contribution in [2.24, 2.45) is 0 Å². The lowest BCUT2D eigenvalue weighted by atomic mass is 9.85. The first kappa shape index (κ1) is 35.4. The quantitative estimate of drug-likeness (QED) is 0.125. The zero-order chi connectivity index (χ0) is 41.4. The van der Waals surface area contributed by atoms with Crippen LogP contribution < -0.4 is 0 Å². The fourth-order valence-electron chi connectivity index (χ4n) is 10.5. The fraction of sp³-hybridized carbons (Fsp3) is 0. The van der Waals surface area contributed by atoms with E-state index in [4.69, 9.17) is 4.98 Å². The number of para-hydroxylation sites is 1. The van der Waals surface area contributed by atoms with Gasteiger partial charge in [0.2, 0.25) is 0 Å². The van der Waals surface area contributed by atoms with Crippen molar-refractivity contribution in [3.8, 4) is 50.5 Å². The number of imidazole rings is 1. The first-order chi connectivity index (χ1) is 31.3. The van der Waals surface area contributed by atoms with E-state index >= 15 is 0 Å². The Bertz CT molecular complexity index is 3820. The second-order valence-corrected chi connectivity index (χ2v) is 16.5. The van der Waals surface area contributed by atoms with E-state index in [1.807, 2.05) is 0 Å². The third-order valence-corrected chi connectivity index (χ3v) is 13.2. The fourth-order valence-corrected chi connectivity index (χ4v) is 10.5. The molecule has 13 aromatic rings. The first-order valence-corrected chi connectivity index (χ1v) is 21.7. The number of rotatable bonds is 5. The molecular weight excluding hydrogens is 761 g/mol. The zero-order valence-corrected chi connectivity index (χ0v) is 34.3. The third kappa shape index (κ3) is 5.35. The van der Waals surface area contributed by atoms with Gasteiger partial charge in [0.05, 0.1) is 11.0 Å². The van der Waals surface area contributed by atoms with Crippen molar-refractivity contribution in [1.82, 2.24) is 9.55 Å². The monoisotopic (exact) mass is 798 g/mol. The van der Waals surface area contributed by atoms with Crippen LogP contribution in [0.15, 0.2) is 231 Å². The predicted octanol–water partition coefficient (Wildman–Crippen LogP) is 16.6. The first-order valence-electron chi connectivity index (χ1n) is 21.7. The standard InChI is InChI=1S/C61H38N2/c1-3-19-39(20-4-1)55-45-25-9-11-27-47(45)56(48-28-12-10-26-46(48)55)40-35-37-41(38-36-40)57-49-29-13-15-31-51(49)58(52-32-16-14-30-50(52)57)61-62-59-53-33-17-7-23-43(53)44-24-8-18-34-54(44)60(59)63(61)42-21-5-2-6-22-42/h1-38H. The lowest BCUT2D eigenvalue weighted by Crippen LogP contribution is -2.00. The topological polar surface area (TPSA) is 17.8 Å². The van der Waals surface area contributed by atoms with Gasteiger partial charge in [-0.2, -0.15) is 0 Å². The van der Waals surface area contributed by atoms with Gasteiger partial charge in [-0.1, -0.05) is 218 Å². The number of nitrogens with zero attached hydrogens (tertiary/aromatic N) is 2. The summed E-state index contributed by atoms with van der Waals surface area (Å²) in [5.74, 6) is 0.935. The number of fused-ring (bicyclic) bond motifs is 10. The second-order valence-electron chi connectivity index (χ2n) is 16.5. The molecule has 0 spiro atoms. The van der Waals surface area contributed by atoms with Gasteiger partial charge in [0, 0.05) is 22.0 Å². The van der Waals surface area contributed by atoms with E-state index in [9.17, 15) is 0 Å². The van der Waals surface area contributed by atoms with E-state index in [0.29, 0.717) is 0 Å². The van der Waals surface area contributed by atoms with Crippen molar-refractivity contribution in [3.63, 3.8) is 0 Å². The molecule has 2 heteroatoms. The largest absolute Gasteiger partial charge is 0.292 e. The smallest absolute Gasteiger partial charge is 0.147 e. The van der Waals surface area contributed by atoms with Gasteiger partial charge in [-0.25, -0.2) is 4.98 Å². The van der Waals surface area contributed by atoms with Crippen molar-refractivity contribution in [2.75, 3.05) is 0 Å². The minimum Gasteiger partial charge on any atom is -0.292 e. The van der Waals surface area contributed by atoms with Crippen LogP contribution in [0, 0.1) is 0 Å². The maximum atomic E-state index is 5.72. The average molecular weight is 799 g/mol. The summed E-state index contributed by atoms with van der Waals surface area (Å²) >= 11 is 0. The molecule has 0 atom stereocenters. The summed E-state index contributed by atoms with van der Waals surface area (Å²) in [6, 6.07) is 84.0. The molecule has 0 bridgehead atoms. The molecule has 0 amide bonds. The molecule has 1 heterocycles. The van der Waals surface area contributed by atoms with Crippen molar-refractivity contribution in [1.29, 1.82) is 0 Å². The highest BCUT2D eigenvalue weighted by molar-refractivity contribution is 6.27. The molecule has 0 saturated carbocycles. The van der Waals surface area contributed by atoms with Crippen LogP contribution in [0.3, 0.4) is 0 Å². The normalized spacial score (nSPS) is 11.8. The van der Waals surface area contributed by atoms with Crippen LogP contribution in [-0.4, -0.2) is 9.55 Å². The highest BCUT2D eigenvalue weighted by Gasteiger charge is 2.25. The molecule has 0 aliphatic rings. The van der Waals surface area contributed by atoms with E-state index in [-0.39, 0.29) is 0 Å². The lowest BCUT2D eigenvalue weighted by molar-refractivity contribution is 1.11. The molecule has 63 heavy (non-hydrogen) atoms. The summed E-state index contributed by atoms with van der Waals surface area (Å²) in [4.78, 5) is 5.72. The second kappa shape index (κ2) is 14.1. The number of hydrogen-bond acceptors (Lipinski definition) is 1. The Morgan fingerprint density at radius 1 is 0.238 bits per heavy atom. The van der Waals surface area contributed by atoms with E-state index in [2.05, 4.69) is 235 Å². The maximum absolute atomic E-state index is 5.72. The molecule has 0 radical (unpaired) electrons. The highest BCUT2D eigenvalue weighted by atomic mass is 15.1. The Balaban J connectivity index is 1.07. The molecule has 0 aliphatic heterocycles. The van der Waals surface area contributed by atoms with Crippen LogP contribution in [0.4, 0.5) is 0 Å². The number of aromatic nitrogens is 2. The molecule has 0 fully saturated rings. The molecule has 2 nitrogen and oxygen atoms in total. The van der Waals surface area contributed by atoms with E-state index in [0.717, 1.165) is 33.5 Å². The molecule has 0 unspecified atom stereocenters. The van der Waals surface area contributed by atoms with Crippen LogP contribution in [0.5, 0.6) is 0 Å². The van der Waals surface area contributed by atoms with Gasteiger partial charge in [-0.3, -0.25) is 4.57 Å². The van der Waals surface area contributed by atoms with Gasteiger partial charge in [0.25, 0.3) is 0 Å². The summed E-state index contributed by atoms with van der Waals surface area (Å²) < 4.78 is 2.41. The Hall–Kier alpha value is -8.33. The van der Waals surface area contributed by atoms with E-state index in [1.165, 1.54) is 92.6 Å². The van der Waals surface area contributed by atoms with Crippen LogP contribution in [0.1, 0.15) is 0 Å². The summed E-state index contributed by atoms with van der Waals surface area (Å²) in [7, 11) is 0. The third-order valence-electron chi connectivity index (χ3n) is 13.2. The molecule has 0 N–H and O–H groups in total. The van der Waals surface area contributed by atoms with Crippen LogP contribution in [-0.2, 0) is 0 Å². The minimum atomic E-state index is 0.935. The summed E-state index contributed by atoms with van der Waals surface area (Å²) in [6.07, 6.45) is 0. The molecule has 13 rings (SSSR count). The molecule has 12 aromatic carbocycles. The Kier molecular flexibility index (Phi) is 7.94. The van der Waals surface area contributed by atoms with Crippen LogP contribution in [0.25, 0.3) is 126 Å². The average Bonchev–Trinajstić information content (AvgIpc) is 3.76. The Labute approximate surface area is 364 Å². The lowest BCUT2D eigenvalue weighted by Gasteiger charge is -2.19. The summed E-state index contributed by atoms with van der Waals surface area (Å²) in [5.41, 5.74) is 11.7. The van der Waals surface area contributed by atoms with Gasteiger partial charge < -0.3 is 0 Å². The molecular formula is C61H38N2. The van der Waals surface area contributed by atoms with Crippen molar-refractivity contribution in [2.45, 2.75) is 0 Å². The van der Waals surface area contributed by atoms with Gasteiger partial charge in [0.1, 0.15) is 5.82 Å². The Morgan fingerprint density at radius 2 is 0.540 bits per heavy atom. The van der Waals surface area contributed by atoms with Crippen LogP contribution in [0.2, 0.25) is 0 Å². The van der Waals surface area contributed by atoms with Crippen LogP contribution >= 0.6 is 0 Å². The molecule has 0 aliphatic carbocycles. The summed E-state index contributed by atoms with van der Waals surface area (Å²) in [5, 5.41) is 14.6. The highest BCUT2D eigenvalue weighted by Crippen LogP contribution is 2.48. The zero-order valence-electron chi connectivity index (χ0n) is 34.3. The van der Waals surface area contributed by atoms with E-state index in [1.54, 1.807) is 0 Å². The Morgan fingerprint density at radius 3 is 0.968 bits per heavy atom. The van der Waals surface area contributed by atoms with Gasteiger partial charge in [-0.15, -0.1) is 0 Å².